The van der Waals surface area contributed by atoms with Gasteiger partial charge in [-0.05, 0) is 35.7 Å². The number of ether oxygens (including phenoxy) is 2. The number of carbonyl (C=O) groups is 1. The molecule has 0 radical (unpaired) electrons. The highest BCUT2D eigenvalue weighted by Gasteiger charge is 2.11. The Kier molecular flexibility index (Phi) is 6.03. The lowest BCUT2D eigenvalue weighted by Crippen LogP contribution is -2.20. The van der Waals surface area contributed by atoms with Gasteiger partial charge in [-0.15, -0.1) is 0 Å². The first-order valence-electron chi connectivity index (χ1n) is 8.56. The van der Waals surface area contributed by atoms with E-state index in [1.165, 1.54) is 5.56 Å². The van der Waals surface area contributed by atoms with E-state index < -0.39 is 0 Å². The number of nitrogens with one attached hydrogen (secondary N) is 1. The van der Waals surface area contributed by atoms with Crippen molar-refractivity contribution in [1.82, 2.24) is 9.36 Å². The zero-order chi connectivity index (χ0) is 19.2. The molecule has 0 aliphatic heterocycles. The van der Waals surface area contributed by atoms with Crippen LogP contribution in [0.25, 0.3) is 11.4 Å². The second-order valence-corrected chi connectivity index (χ2v) is 6.97. The number of rotatable bonds is 7. The molecule has 0 bridgehead atoms. The summed E-state index contributed by atoms with van der Waals surface area (Å²) in [6.45, 7) is 4.17. The van der Waals surface area contributed by atoms with Crippen molar-refractivity contribution in [3.8, 4) is 22.9 Å². The van der Waals surface area contributed by atoms with Crippen LogP contribution in [-0.2, 0) is 4.79 Å². The molecule has 0 fully saturated rings. The third kappa shape index (κ3) is 5.04. The molecule has 7 heteroatoms. The van der Waals surface area contributed by atoms with E-state index in [1.807, 2.05) is 48.5 Å². The van der Waals surface area contributed by atoms with Gasteiger partial charge in [0.25, 0.3) is 5.91 Å². The molecule has 1 amide bonds. The molecule has 0 saturated heterocycles. The number of benzene rings is 2. The maximum Gasteiger partial charge on any atom is 0.264 e. The van der Waals surface area contributed by atoms with E-state index in [9.17, 15) is 4.79 Å². The molecule has 1 aromatic heterocycles. The summed E-state index contributed by atoms with van der Waals surface area (Å²) < 4.78 is 15.0. The van der Waals surface area contributed by atoms with Gasteiger partial charge in [-0.2, -0.15) is 9.36 Å². The lowest BCUT2D eigenvalue weighted by Gasteiger charge is -2.08. The van der Waals surface area contributed by atoms with Crippen molar-refractivity contribution >= 4 is 22.6 Å². The molecule has 3 rings (SSSR count). The van der Waals surface area contributed by atoms with Crippen molar-refractivity contribution < 1.29 is 14.3 Å². The zero-order valence-electron chi connectivity index (χ0n) is 15.4. The number of carbonyl (C=O) groups excluding carboxylic acids is 1. The lowest BCUT2D eigenvalue weighted by atomic mass is 10.0. The Morgan fingerprint density at radius 3 is 2.63 bits per heavy atom. The fourth-order valence-electron chi connectivity index (χ4n) is 2.41. The number of aromatic nitrogens is 2. The smallest absolute Gasteiger partial charge is 0.264 e. The monoisotopic (exact) mass is 383 g/mol. The van der Waals surface area contributed by atoms with Crippen LogP contribution in [0.5, 0.6) is 11.5 Å². The van der Waals surface area contributed by atoms with Crippen molar-refractivity contribution in [2.75, 3.05) is 19.0 Å². The van der Waals surface area contributed by atoms with E-state index >= 15 is 0 Å². The van der Waals surface area contributed by atoms with E-state index in [4.69, 9.17) is 9.47 Å². The summed E-state index contributed by atoms with van der Waals surface area (Å²) in [5, 5.41) is 3.14. The van der Waals surface area contributed by atoms with Crippen LogP contribution in [0.3, 0.4) is 0 Å². The second kappa shape index (κ2) is 8.64. The van der Waals surface area contributed by atoms with Crippen molar-refractivity contribution in [3.63, 3.8) is 0 Å². The van der Waals surface area contributed by atoms with Crippen molar-refractivity contribution in [2.45, 2.75) is 19.8 Å². The van der Waals surface area contributed by atoms with E-state index in [0.717, 1.165) is 22.8 Å². The van der Waals surface area contributed by atoms with Gasteiger partial charge < -0.3 is 9.47 Å². The number of hydrogen-bond acceptors (Lipinski definition) is 6. The molecule has 0 unspecified atom stereocenters. The van der Waals surface area contributed by atoms with Gasteiger partial charge >= 0.3 is 0 Å². The Hall–Kier alpha value is -2.93. The molecule has 0 aliphatic carbocycles. The Balaban J connectivity index is 1.56. The van der Waals surface area contributed by atoms with E-state index in [2.05, 4.69) is 28.5 Å². The van der Waals surface area contributed by atoms with E-state index in [0.29, 0.717) is 22.6 Å². The maximum absolute atomic E-state index is 12.1. The van der Waals surface area contributed by atoms with Gasteiger partial charge in [0.05, 0.1) is 7.11 Å². The zero-order valence-corrected chi connectivity index (χ0v) is 16.2. The summed E-state index contributed by atoms with van der Waals surface area (Å²) in [7, 11) is 1.61. The van der Waals surface area contributed by atoms with E-state index in [1.54, 1.807) is 7.11 Å². The number of amides is 1. The standard InChI is InChI=1S/C20H21N3O3S/c1-13(2)14-7-9-16(10-8-14)26-12-18(24)21-20-22-19(23-27-20)15-5-4-6-17(11-15)25-3/h4-11,13H,12H2,1-3H3,(H,21,22,23,24). The SMILES string of the molecule is COc1cccc(-c2nsc(NC(=O)COc3ccc(C(C)C)cc3)n2)c1. The van der Waals surface area contributed by atoms with Crippen LogP contribution >= 0.6 is 11.5 Å². The molecule has 140 valence electrons. The van der Waals surface area contributed by atoms with Gasteiger partial charge in [0, 0.05) is 17.1 Å². The van der Waals surface area contributed by atoms with Crippen LogP contribution in [0.1, 0.15) is 25.3 Å². The summed E-state index contributed by atoms with van der Waals surface area (Å²) in [4.78, 5) is 16.4. The van der Waals surface area contributed by atoms with Gasteiger partial charge in [-0.3, -0.25) is 10.1 Å². The van der Waals surface area contributed by atoms with Gasteiger partial charge in [-0.1, -0.05) is 38.1 Å². The largest absolute Gasteiger partial charge is 0.497 e. The molecule has 2 aromatic carbocycles. The quantitative estimate of drug-likeness (QED) is 0.656. The van der Waals surface area contributed by atoms with Crippen LogP contribution in [0.15, 0.2) is 48.5 Å². The Morgan fingerprint density at radius 1 is 1.15 bits per heavy atom. The molecule has 0 atom stereocenters. The Bertz CT molecular complexity index is 907. The fourth-order valence-corrected chi connectivity index (χ4v) is 3.01. The number of anilines is 1. The maximum atomic E-state index is 12.1. The highest BCUT2D eigenvalue weighted by Crippen LogP contribution is 2.24. The first-order valence-corrected chi connectivity index (χ1v) is 9.33. The third-order valence-electron chi connectivity index (χ3n) is 3.92. The number of methoxy groups -OCH3 is 1. The van der Waals surface area contributed by atoms with Crippen LogP contribution < -0.4 is 14.8 Å². The number of hydrogen-bond donors (Lipinski definition) is 1. The average Bonchev–Trinajstić information content (AvgIpc) is 3.15. The summed E-state index contributed by atoms with van der Waals surface area (Å²) in [6, 6.07) is 15.2. The topological polar surface area (TPSA) is 73.3 Å². The molecule has 0 aliphatic rings. The first-order chi connectivity index (χ1) is 13.0. The molecule has 6 nitrogen and oxygen atoms in total. The third-order valence-corrected chi connectivity index (χ3v) is 4.55. The van der Waals surface area contributed by atoms with Crippen LogP contribution in [0.4, 0.5) is 5.13 Å². The minimum absolute atomic E-state index is 0.0882. The fraction of sp³-hybridized carbons (Fsp3) is 0.250. The molecule has 27 heavy (non-hydrogen) atoms. The summed E-state index contributed by atoms with van der Waals surface area (Å²) in [5.74, 6) is 2.10. The summed E-state index contributed by atoms with van der Waals surface area (Å²) in [5.41, 5.74) is 2.05. The summed E-state index contributed by atoms with van der Waals surface area (Å²) in [6.07, 6.45) is 0. The second-order valence-electron chi connectivity index (χ2n) is 6.22. The Labute approximate surface area is 162 Å². The molecular weight excluding hydrogens is 362 g/mol. The van der Waals surface area contributed by atoms with Crippen LogP contribution in [0.2, 0.25) is 0 Å². The van der Waals surface area contributed by atoms with Crippen molar-refractivity contribution in [3.05, 3.63) is 54.1 Å². The Morgan fingerprint density at radius 2 is 1.93 bits per heavy atom. The molecule has 1 heterocycles. The average molecular weight is 383 g/mol. The van der Waals surface area contributed by atoms with E-state index in [-0.39, 0.29) is 12.5 Å². The van der Waals surface area contributed by atoms with Crippen LogP contribution in [-0.4, -0.2) is 29.0 Å². The van der Waals surface area contributed by atoms with Gasteiger partial charge in [-0.25, -0.2) is 0 Å². The normalized spacial score (nSPS) is 10.7. The van der Waals surface area contributed by atoms with Gasteiger partial charge in [0.1, 0.15) is 11.5 Å². The minimum atomic E-state index is -0.281. The van der Waals surface area contributed by atoms with Gasteiger partial charge in [0.15, 0.2) is 12.4 Å². The minimum Gasteiger partial charge on any atom is -0.497 e. The number of nitrogens with zero attached hydrogens (tertiary/aromatic N) is 2. The molecule has 3 aromatic rings. The highest BCUT2D eigenvalue weighted by atomic mass is 32.1. The van der Waals surface area contributed by atoms with Crippen LogP contribution in [0, 0.1) is 0 Å². The van der Waals surface area contributed by atoms with Crippen molar-refractivity contribution in [1.29, 1.82) is 0 Å². The lowest BCUT2D eigenvalue weighted by molar-refractivity contribution is -0.118. The molecule has 0 saturated carbocycles. The molecular formula is C20H21N3O3S. The predicted octanol–water partition coefficient (Wildman–Crippen LogP) is 4.35. The molecule has 1 N–H and O–H groups in total. The first kappa shape index (κ1) is 18.8. The predicted molar refractivity (Wildman–Crippen MR) is 107 cm³/mol. The summed E-state index contributed by atoms with van der Waals surface area (Å²) >= 11 is 1.12. The van der Waals surface area contributed by atoms with Gasteiger partial charge in [0.2, 0.25) is 5.13 Å². The highest BCUT2D eigenvalue weighted by molar-refractivity contribution is 7.10. The van der Waals surface area contributed by atoms with Crippen molar-refractivity contribution in [2.24, 2.45) is 0 Å². The molecule has 0 spiro atoms.